The van der Waals surface area contributed by atoms with Gasteiger partial charge in [0.1, 0.15) is 23.2 Å². The van der Waals surface area contributed by atoms with Crippen LogP contribution in [-0.2, 0) is 10.5 Å². The lowest BCUT2D eigenvalue weighted by Crippen LogP contribution is -2.13. The van der Waals surface area contributed by atoms with Crippen molar-refractivity contribution >= 4 is 40.2 Å². The number of thiazole rings is 1. The minimum atomic E-state index is -0.535. The van der Waals surface area contributed by atoms with E-state index in [1.165, 1.54) is 29.2 Å². The maximum Gasteiger partial charge on any atom is 0.268 e. The van der Waals surface area contributed by atoms with Crippen molar-refractivity contribution in [2.24, 2.45) is 0 Å². The fourth-order valence-corrected chi connectivity index (χ4v) is 4.04. The molecule has 30 heavy (non-hydrogen) atoms. The van der Waals surface area contributed by atoms with E-state index in [0.717, 1.165) is 17.0 Å². The zero-order valence-corrected chi connectivity index (χ0v) is 17.2. The van der Waals surface area contributed by atoms with E-state index < -0.39 is 5.91 Å². The van der Waals surface area contributed by atoms with Gasteiger partial charge in [0.15, 0.2) is 10.2 Å². The molecule has 148 valence electrons. The normalized spacial score (nSPS) is 11.2. The van der Waals surface area contributed by atoms with E-state index >= 15 is 0 Å². The molecule has 1 amide bonds. The standard InChI is InChI=1S/C22H15N3O3S2/c23-12-16(11-17-8-9-20(28-17)29-13-18-7-4-10-27-18)21(26)25-22-24-19(14-30-22)15-5-2-1-3-6-15/h1-11,14H,13H2,(H,24,25,26)/b16-11-. The molecule has 4 rings (SSSR count). The lowest BCUT2D eigenvalue weighted by molar-refractivity contribution is -0.112. The van der Waals surface area contributed by atoms with E-state index in [9.17, 15) is 10.1 Å². The third-order valence-corrected chi connectivity index (χ3v) is 5.68. The summed E-state index contributed by atoms with van der Waals surface area (Å²) in [5.74, 6) is 1.35. The number of nitriles is 1. The van der Waals surface area contributed by atoms with Crippen molar-refractivity contribution < 1.29 is 13.6 Å². The lowest BCUT2D eigenvalue weighted by Gasteiger charge is -1.99. The second-order valence-electron chi connectivity index (χ2n) is 6.05. The van der Waals surface area contributed by atoms with Gasteiger partial charge in [-0.25, -0.2) is 4.98 Å². The Morgan fingerprint density at radius 3 is 2.83 bits per heavy atom. The van der Waals surface area contributed by atoms with Gasteiger partial charge in [0.25, 0.3) is 5.91 Å². The van der Waals surface area contributed by atoms with E-state index in [2.05, 4.69) is 10.3 Å². The van der Waals surface area contributed by atoms with E-state index in [0.29, 0.717) is 21.7 Å². The molecule has 0 aliphatic rings. The Kier molecular flexibility index (Phi) is 6.13. The van der Waals surface area contributed by atoms with Crippen LogP contribution in [0.25, 0.3) is 17.3 Å². The highest BCUT2D eigenvalue weighted by Crippen LogP contribution is 2.27. The first-order chi connectivity index (χ1) is 14.7. The second kappa shape index (κ2) is 9.31. The van der Waals surface area contributed by atoms with Crippen LogP contribution in [0.15, 0.2) is 85.7 Å². The summed E-state index contributed by atoms with van der Waals surface area (Å²) in [5, 5.41) is 15.0. The molecule has 6 nitrogen and oxygen atoms in total. The van der Waals surface area contributed by atoms with Gasteiger partial charge < -0.3 is 8.83 Å². The summed E-state index contributed by atoms with van der Waals surface area (Å²) in [6, 6.07) is 18.8. The molecule has 0 spiro atoms. The van der Waals surface area contributed by atoms with Crippen LogP contribution >= 0.6 is 23.1 Å². The van der Waals surface area contributed by atoms with Gasteiger partial charge in [0.2, 0.25) is 0 Å². The summed E-state index contributed by atoms with van der Waals surface area (Å²) in [7, 11) is 0. The first-order valence-corrected chi connectivity index (χ1v) is 10.8. The van der Waals surface area contributed by atoms with Crippen LogP contribution in [0.2, 0.25) is 0 Å². The Hall–Kier alpha value is -3.54. The highest BCUT2D eigenvalue weighted by atomic mass is 32.2. The van der Waals surface area contributed by atoms with Gasteiger partial charge >= 0.3 is 0 Å². The predicted octanol–water partition coefficient (Wildman–Crippen LogP) is 5.83. The van der Waals surface area contributed by atoms with E-state index in [4.69, 9.17) is 8.83 Å². The number of carbonyl (C=O) groups is 1. The molecule has 0 fully saturated rings. The van der Waals surface area contributed by atoms with Gasteiger partial charge in [-0.2, -0.15) is 5.26 Å². The summed E-state index contributed by atoms with van der Waals surface area (Å²) in [6.07, 6.45) is 3.03. The Balaban J connectivity index is 1.41. The number of anilines is 1. The van der Waals surface area contributed by atoms with Gasteiger partial charge in [0.05, 0.1) is 17.7 Å². The molecule has 0 bridgehead atoms. The SMILES string of the molecule is N#C/C(=C/c1ccc(SCc2ccco2)o1)C(=O)Nc1nc(-c2ccccc2)cs1. The van der Waals surface area contributed by atoms with E-state index in [1.54, 1.807) is 18.4 Å². The lowest BCUT2D eigenvalue weighted by atomic mass is 10.2. The number of aromatic nitrogens is 1. The number of hydrogen-bond acceptors (Lipinski definition) is 7. The first-order valence-electron chi connectivity index (χ1n) is 8.90. The molecule has 0 aliphatic carbocycles. The largest absolute Gasteiger partial charge is 0.468 e. The number of benzene rings is 1. The summed E-state index contributed by atoms with van der Waals surface area (Å²) in [6.45, 7) is 0. The molecule has 3 aromatic heterocycles. The van der Waals surface area contributed by atoms with Gasteiger partial charge in [-0.3, -0.25) is 10.1 Å². The maximum absolute atomic E-state index is 12.5. The molecular weight excluding hydrogens is 418 g/mol. The highest BCUT2D eigenvalue weighted by Gasteiger charge is 2.14. The molecular formula is C22H15N3O3S2. The predicted molar refractivity (Wildman–Crippen MR) is 117 cm³/mol. The van der Waals surface area contributed by atoms with Crippen LogP contribution in [0.3, 0.4) is 0 Å². The minimum absolute atomic E-state index is 0.0663. The molecule has 0 atom stereocenters. The monoisotopic (exact) mass is 433 g/mol. The number of thioether (sulfide) groups is 1. The first kappa shape index (κ1) is 19.8. The minimum Gasteiger partial charge on any atom is -0.468 e. The van der Waals surface area contributed by atoms with Gasteiger partial charge in [-0.15, -0.1) is 11.3 Å². The molecule has 4 aromatic rings. The number of amides is 1. The van der Waals surface area contributed by atoms with Crippen molar-refractivity contribution in [1.82, 2.24) is 4.98 Å². The third kappa shape index (κ3) is 4.89. The van der Waals surface area contributed by atoms with Crippen molar-refractivity contribution in [3.63, 3.8) is 0 Å². The Bertz CT molecular complexity index is 1200. The average Bonchev–Trinajstić information content (AvgIpc) is 3.53. The molecule has 0 saturated carbocycles. The summed E-state index contributed by atoms with van der Waals surface area (Å²) < 4.78 is 11.0. The van der Waals surface area contributed by atoms with Crippen LogP contribution in [0, 0.1) is 11.3 Å². The molecule has 8 heteroatoms. The molecule has 0 radical (unpaired) electrons. The third-order valence-electron chi connectivity index (χ3n) is 3.98. The number of carbonyl (C=O) groups excluding carboxylic acids is 1. The van der Waals surface area contributed by atoms with Crippen molar-refractivity contribution in [2.45, 2.75) is 10.8 Å². The number of furan rings is 2. The highest BCUT2D eigenvalue weighted by molar-refractivity contribution is 7.98. The average molecular weight is 434 g/mol. The molecule has 0 aliphatic heterocycles. The zero-order chi connectivity index (χ0) is 20.8. The number of rotatable bonds is 7. The Morgan fingerprint density at radius 2 is 2.07 bits per heavy atom. The maximum atomic E-state index is 12.5. The van der Waals surface area contributed by atoms with Gasteiger partial charge in [-0.05, 0) is 24.3 Å². The molecule has 1 aromatic carbocycles. The summed E-state index contributed by atoms with van der Waals surface area (Å²) >= 11 is 2.76. The molecule has 1 N–H and O–H groups in total. The smallest absolute Gasteiger partial charge is 0.268 e. The van der Waals surface area contributed by atoms with Gasteiger partial charge in [0, 0.05) is 17.0 Å². The number of nitrogens with one attached hydrogen (secondary N) is 1. The second-order valence-corrected chi connectivity index (χ2v) is 7.89. The Morgan fingerprint density at radius 1 is 1.20 bits per heavy atom. The van der Waals surface area contributed by atoms with Crippen molar-refractivity contribution in [1.29, 1.82) is 5.26 Å². The van der Waals surface area contributed by atoms with Crippen LogP contribution in [0.1, 0.15) is 11.5 Å². The van der Waals surface area contributed by atoms with Crippen molar-refractivity contribution in [3.05, 3.63) is 83.3 Å². The summed E-state index contributed by atoms with van der Waals surface area (Å²) in [4.78, 5) is 16.9. The van der Waals surface area contributed by atoms with Gasteiger partial charge in [-0.1, -0.05) is 42.1 Å². The number of nitrogens with zero attached hydrogens (tertiary/aromatic N) is 2. The van der Waals surface area contributed by atoms with Crippen molar-refractivity contribution in [2.75, 3.05) is 5.32 Å². The Labute approximate surface area is 180 Å². The van der Waals surface area contributed by atoms with E-state index in [1.807, 2.05) is 53.9 Å². The molecule has 0 saturated heterocycles. The van der Waals surface area contributed by atoms with Crippen LogP contribution in [0.4, 0.5) is 5.13 Å². The van der Waals surface area contributed by atoms with E-state index in [-0.39, 0.29) is 5.57 Å². The fourth-order valence-electron chi connectivity index (χ4n) is 2.55. The summed E-state index contributed by atoms with van der Waals surface area (Å²) in [5.41, 5.74) is 1.66. The topological polar surface area (TPSA) is 92.1 Å². The fraction of sp³-hybridized carbons (Fsp3) is 0.0455. The van der Waals surface area contributed by atoms with Crippen molar-refractivity contribution in [3.8, 4) is 17.3 Å². The zero-order valence-electron chi connectivity index (χ0n) is 15.6. The molecule has 3 heterocycles. The van der Waals surface area contributed by atoms with Crippen LogP contribution in [-0.4, -0.2) is 10.9 Å². The molecule has 0 unspecified atom stereocenters. The number of hydrogen-bond donors (Lipinski definition) is 1. The van der Waals surface area contributed by atoms with Crippen LogP contribution < -0.4 is 5.32 Å². The van der Waals surface area contributed by atoms with Crippen LogP contribution in [0.5, 0.6) is 0 Å². The quantitative estimate of drug-likeness (QED) is 0.224.